The molecule has 1 aliphatic heterocycles. The number of rotatable bonds is 6. The van der Waals surface area contributed by atoms with Crippen molar-refractivity contribution in [1.29, 1.82) is 0 Å². The minimum absolute atomic E-state index is 0.219. The first-order valence-electron chi connectivity index (χ1n) is 8.92. The molecule has 0 spiro atoms. The summed E-state index contributed by atoms with van der Waals surface area (Å²) >= 11 is 0. The van der Waals surface area contributed by atoms with Crippen LogP contribution in [0.2, 0.25) is 0 Å². The van der Waals surface area contributed by atoms with Gasteiger partial charge in [-0.1, -0.05) is 26.0 Å². The Morgan fingerprint density at radius 3 is 3.00 bits per heavy atom. The maximum absolute atomic E-state index is 12.5. The summed E-state index contributed by atoms with van der Waals surface area (Å²) in [5.41, 5.74) is 1.09. The van der Waals surface area contributed by atoms with Crippen LogP contribution in [-0.4, -0.2) is 35.4 Å². The van der Waals surface area contributed by atoms with Gasteiger partial charge in [0, 0.05) is 12.7 Å². The maximum Gasteiger partial charge on any atom is 0.276 e. The van der Waals surface area contributed by atoms with E-state index in [1.54, 1.807) is 6.07 Å². The summed E-state index contributed by atoms with van der Waals surface area (Å²) < 4.78 is 7.68. The minimum atomic E-state index is -0.219. The predicted octanol–water partition coefficient (Wildman–Crippen LogP) is 3.09. The lowest BCUT2D eigenvalue weighted by Gasteiger charge is -2.22. The van der Waals surface area contributed by atoms with E-state index in [1.165, 1.54) is 0 Å². The summed E-state index contributed by atoms with van der Waals surface area (Å²) in [4.78, 5) is 12.5. The van der Waals surface area contributed by atoms with E-state index in [1.807, 2.05) is 35.1 Å². The van der Waals surface area contributed by atoms with E-state index in [-0.39, 0.29) is 5.91 Å². The Morgan fingerprint density at radius 1 is 1.40 bits per heavy atom. The van der Waals surface area contributed by atoms with Crippen LogP contribution in [0.5, 0.6) is 5.75 Å². The third-order valence-electron chi connectivity index (χ3n) is 4.19. The lowest BCUT2D eigenvalue weighted by Crippen LogP contribution is -2.32. The molecule has 0 aliphatic carbocycles. The highest BCUT2D eigenvalue weighted by atomic mass is 16.5. The van der Waals surface area contributed by atoms with Crippen molar-refractivity contribution >= 4 is 11.6 Å². The highest BCUT2D eigenvalue weighted by Gasteiger charge is 2.18. The first-order chi connectivity index (χ1) is 12.1. The second-order valence-electron chi connectivity index (χ2n) is 6.84. The van der Waals surface area contributed by atoms with E-state index < -0.39 is 0 Å². The van der Waals surface area contributed by atoms with Gasteiger partial charge >= 0.3 is 0 Å². The van der Waals surface area contributed by atoms with Crippen LogP contribution >= 0.6 is 0 Å². The van der Waals surface area contributed by atoms with Crippen LogP contribution in [0.4, 0.5) is 5.69 Å². The third-order valence-corrected chi connectivity index (χ3v) is 4.19. The van der Waals surface area contributed by atoms with Crippen LogP contribution in [-0.2, 0) is 0 Å². The van der Waals surface area contributed by atoms with Gasteiger partial charge in [0.25, 0.3) is 5.91 Å². The standard InChI is InChI=1S/C19H26N4O2/c1-14(2)13-25-18-8-4-3-7-16(18)21-19(24)17-9-11-23(22-17)15-6-5-10-20-12-15/h3-4,7-9,11,14-15,20H,5-6,10,12-13H2,1-2H3,(H,21,24). The number of piperidine rings is 1. The molecule has 2 N–H and O–H groups in total. The molecule has 0 bridgehead atoms. The van der Waals surface area contributed by atoms with Gasteiger partial charge in [0.15, 0.2) is 5.69 Å². The fraction of sp³-hybridized carbons (Fsp3) is 0.474. The summed E-state index contributed by atoms with van der Waals surface area (Å²) in [6, 6.07) is 9.57. The molecule has 2 aromatic rings. The molecule has 1 saturated heterocycles. The van der Waals surface area contributed by atoms with Gasteiger partial charge in [-0.2, -0.15) is 5.10 Å². The first kappa shape index (κ1) is 17.5. The van der Waals surface area contributed by atoms with E-state index in [0.717, 1.165) is 25.9 Å². The molecule has 1 aliphatic rings. The summed E-state index contributed by atoms with van der Waals surface area (Å²) in [5, 5.41) is 10.7. The Balaban J connectivity index is 1.67. The van der Waals surface area contributed by atoms with Crippen molar-refractivity contribution in [2.75, 3.05) is 25.0 Å². The summed E-state index contributed by atoms with van der Waals surface area (Å²) in [7, 11) is 0. The molecule has 1 atom stereocenters. The van der Waals surface area contributed by atoms with E-state index in [2.05, 4.69) is 29.6 Å². The van der Waals surface area contributed by atoms with Crippen molar-refractivity contribution in [2.45, 2.75) is 32.7 Å². The van der Waals surface area contributed by atoms with Crippen molar-refractivity contribution < 1.29 is 9.53 Å². The number of nitrogens with one attached hydrogen (secondary N) is 2. The number of hydrogen-bond acceptors (Lipinski definition) is 4. The van der Waals surface area contributed by atoms with Crippen molar-refractivity contribution in [2.24, 2.45) is 5.92 Å². The Morgan fingerprint density at radius 2 is 2.24 bits per heavy atom. The molecule has 6 heteroatoms. The Bertz CT molecular complexity index is 705. The number of hydrogen-bond donors (Lipinski definition) is 2. The smallest absolute Gasteiger partial charge is 0.276 e. The number of benzene rings is 1. The molecule has 25 heavy (non-hydrogen) atoms. The zero-order valence-electron chi connectivity index (χ0n) is 14.9. The zero-order valence-corrected chi connectivity index (χ0v) is 14.9. The van der Waals surface area contributed by atoms with E-state index in [0.29, 0.717) is 35.7 Å². The van der Waals surface area contributed by atoms with Crippen LogP contribution < -0.4 is 15.4 Å². The molecule has 134 valence electrons. The van der Waals surface area contributed by atoms with Crippen molar-refractivity contribution in [3.05, 3.63) is 42.2 Å². The first-order valence-corrected chi connectivity index (χ1v) is 8.92. The molecule has 0 radical (unpaired) electrons. The Kier molecular flexibility index (Phi) is 5.71. The second-order valence-corrected chi connectivity index (χ2v) is 6.84. The molecule has 2 heterocycles. The molecule has 1 aromatic heterocycles. The number of carbonyl (C=O) groups is 1. The van der Waals surface area contributed by atoms with Gasteiger partial charge in [-0.25, -0.2) is 0 Å². The van der Waals surface area contributed by atoms with Crippen LogP contribution in [0.25, 0.3) is 0 Å². The topological polar surface area (TPSA) is 68.2 Å². The number of aromatic nitrogens is 2. The summed E-state index contributed by atoms with van der Waals surface area (Å²) in [6.07, 6.45) is 4.10. The number of nitrogens with zero attached hydrogens (tertiary/aromatic N) is 2. The largest absolute Gasteiger partial charge is 0.491 e. The normalized spacial score (nSPS) is 17.5. The van der Waals surface area contributed by atoms with E-state index in [9.17, 15) is 4.79 Å². The number of ether oxygens (including phenoxy) is 1. The number of carbonyl (C=O) groups excluding carboxylic acids is 1. The maximum atomic E-state index is 12.5. The molecule has 1 unspecified atom stereocenters. The van der Waals surface area contributed by atoms with Gasteiger partial charge in [-0.3, -0.25) is 9.48 Å². The lowest BCUT2D eigenvalue weighted by molar-refractivity contribution is 0.102. The van der Waals surface area contributed by atoms with Crippen LogP contribution in [0.15, 0.2) is 36.5 Å². The fourth-order valence-electron chi connectivity index (χ4n) is 2.86. The average Bonchev–Trinajstić information content (AvgIpc) is 3.12. The van der Waals surface area contributed by atoms with E-state index in [4.69, 9.17) is 4.74 Å². The van der Waals surface area contributed by atoms with Gasteiger partial charge < -0.3 is 15.4 Å². The molecule has 1 fully saturated rings. The van der Waals surface area contributed by atoms with Gasteiger partial charge in [-0.15, -0.1) is 0 Å². The fourth-order valence-corrected chi connectivity index (χ4v) is 2.86. The third kappa shape index (κ3) is 4.60. The predicted molar refractivity (Wildman–Crippen MR) is 98.1 cm³/mol. The number of para-hydroxylation sites is 2. The number of anilines is 1. The molecule has 1 aromatic carbocycles. The van der Waals surface area contributed by atoms with Gasteiger partial charge in [0.05, 0.1) is 18.3 Å². The zero-order chi connectivity index (χ0) is 17.6. The highest BCUT2D eigenvalue weighted by Crippen LogP contribution is 2.25. The molecular formula is C19H26N4O2. The monoisotopic (exact) mass is 342 g/mol. The lowest BCUT2D eigenvalue weighted by atomic mass is 10.1. The van der Waals surface area contributed by atoms with Crippen LogP contribution in [0.3, 0.4) is 0 Å². The van der Waals surface area contributed by atoms with Crippen molar-refractivity contribution in [1.82, 2.24) is 15.1 Å². The Labute approximate surface area is 148 Å². The molecule has 1 amide bonds. The quantitative estimate of drug-likeness (QED) is 0.846. The van der Waals surface area contributed by atoms with Gasteiger partial charge in [0.2, 0.25) is 0 Å². The van der Waals surface area contributed by atoms with Crippen LogP contribution in [0.1, 0.15) is 43.2 Å². The second kappa shape index (κ2) is 8.16. The summed E-state index contributed by atoms with van der Waals surface area (Å²) in [5.74, 6) is 0.882. The molecular weight excluding hydrogens is 316 g/mol. The average molecular weight is 342 g/mol. The van der Waals surface area contributed by atoms with Gasteiger partial charge in [0.1, 0.15) is 5.75 Å². The van der Waals surface area contributed by atoms with Crippen molar-refractivity contribution in [3.63, 3.8) is 0 Å². The van der Waals surface area contributed by atoms with Crippen molar-refractivity contribution in [3.8, 4) is 5.75 Å². The molecule has 6 nitrogen and oxygen atoms in total. The minimum Gasteiger partial charge on any atom is -0.491 e. The summed E-state index contributed by atoms with van der Waals surface area (Å²) in [6.45, 7) is 6.74. The Hall–Kier alpha value is -2.34. The molecule has 3 rings (SSSR count). The SMILES string of the molecule is CC(C)COc1ccccc1NC(=O)c1ccn(C2CCCNC2)n1. The molecule has 0 saturated carbocycles. The highest BCUT2D eigenvalue weighted by molar-refractivity contribution is 6.03. The van der Waals surface area contributed by atoms with E-state index >= 15 is 0 Å². The van der Waals surface area contributed by atoms with Gasteiger partial charge in [-0.05, 0) is 43.5 Å². The number of amides is 1. The van der Waals surface area contributed by atoms with Crippen LogP contribution in [0, 0.1) is 5.92 Å².